The molecule has 1 aliphatic heterocycles. The zero-order valence-corrected chi connectivity index (χ0v) is 21.4. The van der Waals surface area contributed by atoms with Crippen molar-refractivity contribution in [2.75, 3.05) is 7.05 Å². The van der Waals surface area contributed by atoms with Gasteiger partial charge in [-0.25, -0.2) is 17.9 Å². The monoisotopic (exact) mass is 500 g/mol. The van der Waals surface area contributed by atoms with E-state index in [4.69, 9.17) is 4.74 Å². The van der Waals surface area contributed by atoms with Crippen molar-refractivity contribution in [3.63, 3.8) is 0 Å². The van der Waals surface area contributed by atoms with Crippen molar-refractivity contribution in [3.05, 3.63) is 100 Å². The highest BCUT2D eigenvalue weighted by Gasteiger charge is 2.40. The Labute approximate surface area is 216 Å². The number of benzene rings is 2. The molecular weight excluding hydrogens is 471 g/mol. The number of hydrogen-bond donors (Lipinski definition) is 0. The first kappa shape index (κ1) is 24.9. The molecule has 0 radical (unpaired) electrons. The molecule has 0 N–H and O–H groups in total. The second kappa shape index (κ2) is 9.58. The topological polar surface area (TPSA) is 45.8 Å². The zero-order chi connectivity index (χ0) is 26.3. The number of amidine groups is 1. The number of carbonyl (C=O) groups is 1. The molecular formula is C29H29BF2N3O2+. The fraction of sp³-hybridized carbons (Fsp3) is 0.276. The van der Waals surface area contributed by atoms with Gasteiger partial charge in [-0.1, -0.05) is 69.3 Å². The summed E-state index contributed by atoms with van der Waals surface area (Å²) in [7, 11) is -1.05. The molecule has 0 bridgehead atoms. The fourth-order valence-electron chi connectivity index (χ4n) is 4.97. The van der Waals surface area contributed by atoms with Crippen molar-refractivity contribution in [3.8, 4) is 0 Å². The van der Waals surface area contributed by atoms with Crippen LogP contribution in [0.3, 0.4) is 0 Å². The number of aliphatic imine (C=N–C) groups is 1. The van der Waals surface area contributed by atoms with E-state index in [0.717, 1.165) is 34.2 Å². The fourth-order valence-corrected chi connectivity index (χ4v) is 4.97. The van der Waals surface area contributed by atoms with Gasteiger partial charge in [-0.3, -0.25) is 0 Å². The summed E-state index contributed by atoms with van der Waals surface area (Å²) in [5, 5.41) is 0. The summed E-state index contributed by atoms with van der Waals surface area (Å²) in [6.07, 6.45) is 5.01. The highest BCUT2D eigenvalue weighted by molar-refractivity contribution is 6.32. The van der Waals surface area contributed by atoms with Crippen LogP contribution in [0.1, 0.15) is 71.5 Å². The molecule has 0 saturated carbocycles. The lowest BCUT2D eigenvalue weighted by molar-refractivity contribution is -0.544. The Balaban J connectivity index is 1.44. The number of pyridine rings is 1. The Bertz CT molecular complexity index is 1410. The van der Waals surface area contributed by atoms with Crippen LogP contribution in [0.4, 0.5) is 14.4 Å². The van der Waals surface area contributed by atoms with Crippen LogP contribution >= 0.6 is 0 Å². The van der Waals surface area contributed by atoms with Crippen LogP contribution in [0.15, 0.2) is 71.7 Å². The van der Waals surface area contributed by atoms with Crippen molar-refractivity contribution >= 4 is 31.1 Å². The van der Waals surface area contributed by atoms with Crippen LogP contribution in [0.25, 0.3) is 6.08 Å². The number of nitrogens with zero attached hydrogens (tertiary/aromatic N) is 3. The van der Waals surface area contributed by atoms with Gasteiger partial charge in [-0.2, -0.15) is 0 Å². The van der Waals surface area contributed by atoms with Gasteiger partial charge in [0.15, 0.2) is 5.69 Å². The van der Waals surface area contributed by atoms with Gasteiger partial charge in [-0.15, -0.1) is 0 Å². The molecule has 1 aromatic heterocycles. The van der Waals surface area contributed by atoms with Crippen molar-refractivity contribution in [1.29, 1.82) is 0 Å². The van der Waals surface area contributed by atoms with E-state index in [9.17, 15) is 13.4 Å². The van der Waals surface area contributed by atoms with E-state index in [-0.39, 0.29) is 29.6 Å². The molecule has 1 unspecified atom stereocenters. The van der Waals surface area contributed by atoms with Crippen LogP contribution in [0.2, 0.25) is 0 Å². The standard InChI is InChI=1S/C29H29BF2N3O2/c1-29(2,3)21-16-14-19(15-17-21)18-37-28(36)24-12-7-13-25(35(24)30(31)32)33-27-22-10-5-8-20-9-6-11-23(26(20)22)34(27)4/h5-10,12-17,23H,11,18H2,1-4H3/q+1. The smallest absolute Gasteiger partial charge is 0.455 e. The van der Waals surface area contributed by atoms with Gasteiger partial charge in [0.25, 0.3) is 5.84 Å². The highest BCUT2D eigenvalue weighted by atomic mass is 19.2. The van der Waals surface area contributed by atoms with Crippen LogP contribution in [0, 0.1) is 0 Å². The van der Waals surface area contributed by atoms with Gasteiger partial charge < -0.3 is 9.64 Å². The molecule has 0 amide bonds. The molecule has 2 aromatic carbocycles. The minimum Gasteiger partial charge on any atom is -0.455 e. The molecule has 2 aliphatic rings. The zero-order valence-electron chi connectivity index (χ0n) is 21.4. The van der Waals surface area contributed by atoms with E-state index in [1.807, 2.05) is 54.4 Å². The van der Waals surface area contributed by atoms with Crippen LogP contribution in [-0.2, 0) is 16.8 Å². The van der Waals surface area contributed by atoms with Gasteiger partial charge in [0.2, 0.25) is 0 Å². The summed E-state index contributed by atoms with van der Waals surface area (Å²) >= 11 is 0. The van der Waals surface area contributed by atoms with Gasteiger partial charge >= 0.3 is 19.2 Å². The summed E-state index contributed by atoms with van der Waals surface area (Å²) < 4.78 is 34.7. The van der Waals surface area contributed by atoms with Gasteiger partial charge in [0.1, 0.15) is 6.61 Å². The molecule has 37 heavy (non-hydrogen) atoms. The maximum Gasteiger partial charge on any atom is 0.809 e. The normalized spacial score (nSPS) is 17.2. The summed E-state index contributed by atoms with van der Waals surface area (Å²) in [4.78, 5) is 19.6. The first-order chi connectivity index (χ1) is 17.6. The minimum absolute atomic E-state index is 0.00368. The number of aromatic nitrogens is 1. The van der Waals surface area contributed by atoms with Crippen LogP contribution < -0.4 is 4.48 Å². The lowest BCUT2D eigenvalue weighted by Crippen LogP contribution is -2.51. The average Bonchev–Trinajstić information content (AvgIpc) is 3.14. The minimum atomic E-state index is -2.97. The molecule has 188 valence electrons. The Morgan fingerprint density at radius 3 is 2.54 bits per heavy atom. The Hall–Kier alpha value is -3.81. The lowest BCUT2D eigenvalue weighted by Gasteiger charge is -2.22. The summed E-state index contributed by atoms with van der Waals surface area (Å²) in [6, 6.07) is 18.2. The second-order valence-electron chi connectivity index (χ2n) is 10.4. The Morgan fingerprint density at radius 1 is 1.11 bits per heavy atom. The number of ether oxygens (including phenoxy) is 1. The predicted octanol–water partition coefficient (Wildman–Crippen LogP) is 5.88. The summed E-state index contributed by atoms with van der Waals surface area (Å²) in [5.41, 5.74) is 4.88. The first-order valence-corrected chi connectivity index (χ1v) is 12.4. The molecule has 3 aromatic rings. The summed E-state index contributed by atoms with van der Waals surface area (Å²) in [6.45, 7) is 6.34. The van der Waals surface area contributed by atoms with Crippen LogP contribution in [0.5, 0.6) is 0 Å². The molecule has 2 heterocycles. The van der Waals surface area contributed by atoms with Gasteiger partial charge in [-0.05, 0) is 57.3 Å². The predicted molar refractivity (Wildman–Crippen MR) is 141 cm³/mol. The first-order valence-electron chi connectivity index (χ1n) is 12.4. The number of esters is 1. The molecule has 0 fully saturated rings. The third-order valence-corrected chi connectivity index (χ3v) is 6.99. The van der Waals surface area contributed by atoms with E-state index < -0.39 is 13.4 Å². The van der Waals surface area contributed by atoms with Gasteiger partial charge in [0, 0.05) is 18.7 Å². The largest absolute Gasteiger partial charge is 0.809 e. The van der Waals surface area contributed by atoms with E-state index >= 15 is 0 Å². The average molecular weight is 500 g/mol. The number of rotatable bonds is 5. The van der Waals surface area contributed by atoms with E-state index in [1.165, 1.54) is 12.1 Å². The van der Waals surface area contributed by atoms with Crippen molar-refractivity contribution in [1.82, 2.24) is 4.90 Å². The molecule has 1 aliphatic carbocycles. The number of carbonyl (C=O) groups excluding carboxylic acids is 1. The molecule has 0 spiro atoms. The Kier molecular flexibility index (Phi) is 6.44. The Morgan fingerprint density at radius 2 is 1.84 bits per heavy atom. The molecule has 8 heteroatoms. The third-order valence-electron chi connectivity index (χ3n) is 6.99. The second-order valence-corrected chi connectivity index (χ2v) is 10.4. The third kappa shape index (κ3) is 4.68. The number of hydrogen-bond acceptors (Lipinski definition) is 3. The maximum atomic E-state index is 14.3. The van der Waals surface area contributed by atoms with E-state index in [0.29, 0.717) is 10.3 Å². The van der Waals surface area contributed by atoms with Crippen molar-refractivity contribution in [2.45, 2.75) is 45.3 Å². The van der Waals surface area contributed by atoms with E-state index in [1.54, 1.807) is 6.07 Å². The SMILES string of the molecule is CN1/C(=N\c2cccc(C(=O)OCc3ccc(C(C)(C)C)cc3)[n+]2B(F)F)c2cccc3c2C1CC=C3. The van der Waals surface area contributed by atoms with Crippen molar-refractivity contribution in [2.24, 2.45) is 4.99 Å². The lowest BCUT2D eigenvalue weighted by atomic mass is 9.87. The number of halogens is 2. The molecule has 0 saturated heterocycles. The van der Waals surface area contributed by atoms with E-state index in [2.05, 4.69) is 37.9 Å². The summed E-state index contributed by atoms with van der Waals surface area (Å²) in [5.74, 6) is -0.237. The molecule has 1 atom stereocenters. The van der Waals surface area contributed by atoms with Gasteiger partial charge in [0.05, 0.1) is 6.04 Å². The highest BCUT2D eigenvalue weighted by Crippen LogP contribution is 2.41. The molecule has 5 nitrogen and oxygen atoms in total. The van der Waals surface area contributed by atoms with Crippen LogP contribution in [-0.4, -0.2) is 31.2 Å². The maximum absolute atomic E-state index is 14.3. The molecule has 5 rings (SSSR count). The quantitative estimate of drug-likeness (QED) is 0.325. The van der Waals surface area contributed by atoms with Crippen molar-refractivity contribution < 1.29 is 22.6 Å².